The Morgan fingerprint density at radius 1 is 1.37 bits per heavy atom. The number of hydrogen-bond acceptors (Lipinski definition) is 3. The summed E-state index contributed by atoms with van der Waals surface area (Å²) in [4.78, 5) is 1.39. The van der Waals surface area contributed by atoms with Gasteiger partial charge in [0, 0.05) is 11.4 Å². The average molecular weight is 299 g/mol. The molecule has 0 saturated carbocycles. The van der Waals surface area contributed by atoms with Gasteiger partial charge in [0.25, 0.3) is 0 Å². The third kappa shape index (κ3) is 4.51. The molecule has 5 heteroatoms. The summed E-state index contributed by atoms with van der Waals surface area (Å²) in [6.45, 7) is 2.37. The third-order valence-corrected chi connectivity index (χ3v) is 5.97. The van der Waals surface area contributed by atoms with Crippen LogP contribution in [0.3, 0.4) is 0 Å². The number of thioether (sulfide) groups is 1. The van der Waals surface area contributed by atoms with Gasteiger partial charge in [-0.2, -0.15) is 0 Å². The molecular weight excluding hydrogens is 278 g/mol. The van der Waals surface area contributed by atoms with Crippen molar-refractivity contribution in [2.24, 2.45) is 0 Å². The van der Waals surface area contributed by atoms with E-state index >= 15 is 0 Å². The maximum absolute atomic E-state index is 11.5. The molecule has 0 unspecified atom stereocenters. The molecule has 1 aliphatic rings. The van der Waals surface area contributed by atoms with Crippen LogP contribution in [0.25, 0.3) is 0 Å². The molecule has 0 fully saturated rings. The zero-order valence-corrected chi connectivity index (χ0v) is 12.9. The van der Waals surface area contributed by atoms with Crippen LogP contribution in [0, 0.1) is 0 Å². The second kappa shape index (κ2) is 6.77. The predicted molar refractivity (Wildman–Crippen MR) is 81.3 cm³/mol. The van der Waals surface area contributed by atoms with Crippen molar-refractivity contribution in [3.8, 4) is 0 Å². The number of sulfonamides is 1. The van der Waals surface area contributed by atoms with Crippen molar-refractivity contribution in [1.29, 1.82) is 0 Å². The van der Waals surface area contributed by atoms with Crippen LogP contribution in [0.15, 0.2) is 23.1 Å². The molecule has 0 aromatic heterocycles. The van der Waals surface area contributed by atoms with E-state index < -0.39 is 10.0 Å². The number of hydrogen-bond donors (Lipinski definition) is 1. The van der Waals surface area contributed by atoms with Crippen LogP contribution >= 0.6 is 11.8 Å². The Balaban J connectivity index is 1.90. The molecule has 0 radical (unpaired) electrons. The Bertz CT molecular complexity index is 526. The van der Waals surface area contributed by atoms with Gasteiger partial charge in [-0.1, -0.05) is 19.1 Å². The predicted octanol–water partition coefficient (Wildman–Crippen LogP) is 2.60. The fraction of sp³-hybridized carbons (Fsp3) is 0.571. The van der Waals surface area contributed by atoms with Crippen molar-refractivity contribution >= 4 is 21.8 Å². The highest BCUT2D eigenvalue weighted by molar-refractivity contribution is 7.99. The fourth-order valence-electron chi connectivity index (χ4n) is 2.26. The summed E-state index contributed by atoms with van der Waals surface area (Å²) in [7, 11) is -3.07. The molecule has 0 amide bonds. The summed E-state index contributed by atoms with van der Waals surface area (Å²) in [5.74, 6) is 1.43. The molecule has 1 aromatic rings. The molecule has 0 bridgehead atoms. The second-order valence-electron chi connectivity index (χ2n) is 4.86. The first-order valence-electron chi connectivity index (χ1n) is 6.82. The first-order valence-corrected chi connectivity index (χ1v) is 9.46. The summed E-state index contributed by atoms with van der Waals surface area (Å²) in [5.41, 5.74) is 2.64. The Labute approximate surface area is 120 Å². The molecular formula is C14H21NO2S2. The minimum Gasteiger partial charge on any atom is -0.215 e. The van der Waals surface area contributed by atoms with Gasteiger partial charge in [0.1, 0.15) is 0 Å². The fourth-order valence-corrected chi connectivity index (χ4v) is 4.38. The van der Waals surface area contributed by atoms with Gasteiger partial charge in [-0.3, -0.25) is 0 Å². The van der Waals surface area contributed by atoms with Gasteiger partial charge in [0.15, 0.2) is 0 Å². The average Bonchev–Trinajstić information content (AvgIpc) is 2.38. The monoisotopic (exact) mass is 299 g/mol. The number of fused-ring (bicyclic) bond motifs is 1. The zero-order valence-electron chi connectivity index (χ0n) is 11.3. The summed E-state index contributed by atoms with van der Waals surface area (Å²) >= 11 is 1.92. The lowest BCUT2D eigenvalue weighted by Crippen LogP contribution is -2.28. The van der Waals surface area contributed by atoms with E-state index in [-0.39, 0.29) is 5.75 Å². The standard InChI is InChI=1S/C14H21NO2S2/c1-2-10-19(16,17)15-8-7-12-5-6-14-13(11-12)4-3-9-18-14/h5-6,11,15H,2-4,7-10H2,1H3. The molecule has 0 saturated heterocycles. The van der Waals surface area contributed by atoms with Crippen LogP contribution in [0.4, 0.5) is 0 Å². The highest BCUT2D eigenvalue weighted by atomic mass is 32.2. The number of nitrogens with one attached hydrogen (secondary N) is 1. The van der Waals surface area contributed by atoms with Crippen LogP contribution in [0.2, 0.25) is 0 Å². The molecule has 3 nitrogen and oxygen atoms in total. The number of rotatable bonds is 6. The quantitative estimate of drug-likeness (QED) is 0.878. The van der Waals surface area contributed by atoms with E-state index in [1.54, 1.807) is 0 Å². The molecule has 1 heterocycles. The van der Waals surface area contributed by atoms with E-state index in [1.807, 2.05) is 18.7 Å². The van der Waals surface area contributed by atoms with E-state index in [9.17, 15) is 8.42 Å². The topological polar surface area (TPSA) is 46.2 Å². The third-order valence-electron chi connectivity index (χ3n) is 3.18. The van der Waals surface area contributed by atoms with Crippen LogP contribution in [0.1, 0.15) is 30.9 Å². The van der Waals surface area contributed by atoms with Crippen LogP contribution in [-0.4, -0.2) is 26.5 Å². The van der Waals surface area contributed by atoms with Gasteiger partial charge < -0.3 is 0 Å². The van der Waals surface area contributed by atoms with Crippen molar-refractivity contribution in [2.45, 2.75) is 37.5 Å². The lowest BCUT2D eigenvalue weighted by Gasteiger charge is -2.16. The molecule has 19 heavy (non-hydrogen) atoms. The van der Waals surface area contributed by atoms with E-state index in [0.717, 1.165) is 12.8 Å². The number of aryl methyl sites for hydroxylation is 1. The zero-order chi connectivity index (χ0) is 13.7. The molecule has 1 aliphatic heterocycles. The van der Waals surface area contributed by atoms with Gasteiger partial charge in [0.05, 0.1) is 5.75 Å². The number of benzene rings is 1. The Morgan fingerprint density at radius 3 is 3.00 bits per heavy atom. The van der Waals surface area contributed by atoms with Crippen LogP contribution in [-0.2, 0) is 22.9 Å². The van der Waals surface area contributed by atoms with Gasteiger partial charge in [-0.25, -0.2) is 13.1 Å². The van der Waals surface area contributed by atoms with Crippen LogP contribution < -0.4 is 4.72 Å². The van der Waals surface area contributed by atoms with Crippen molar-refractivity contribution in [2.75, 3.05) is 18.1 Å². The first-order chi connectivity index (χ1) is 9.11. The Kier molecular flexibility index (Phi) is 5.30. The minimum absolute atomic E-state index is 0.216. The molecule has 0 aliphatic carbocycles. The summed E-state index contributed by atoms with van der Waals surface area (Å²) in [6.07, 6.45) is 3.81. The van der Waals surface area contributed by atoms with Crippen LogP contribution in [0.5, 0.6) is 0 Å². The van der Waals surface area contributed by atoms with Crippen molar-refractivity contribution in [1.82, 2.24) is 4.72 Å². The molecule has 0 spiro atoms. The summed E-state index contributed by atoms with van der Waals surface area (Å²) in [6, 6.07) is 6.52. The molecule has 2 rings (SSSR count). The summed E-state index contributed by atoms with van der Waals surface area (Å²) < 4.78 is 25.7. The van der Waals surface area contributed by atoms with Crippen molar-refractivity contribution < 1.29 is 8.42 Å². The second-order valence-corrected chi connectivity index (χ2v) is 7.92. The van der Waals surface area contributed by atoms with E-state index in [2.05, 4.69) is 22.9 Å². The van der Waals surface area contributed by atoms with Gasteiger partial charge in [0.2, 0.25) is 10.0 Å². The SMILES string of the molecule is CCCS(=O)(=O)NCCc1ccc2c(c1)CCCS2. The van der Waals surface area contributed by atoms with E-state index in [4.69, 9.17) is 0 Å². The molecule has 1 aromatic carbocycles. The lowest BCUT2D eigenvalue weighted by molar-refractivity contribution is 0.580. The molecule has 106 valence electrons. The maximum Gasteiger partial charge on any atom is 0.211 e. The highest BCUT2D eigenvalue weighted by Gasteiger charge is 2.11. The van der Waals surface area contributed by atoms with E-state index in [1.165, 1.54) is 28.2 Å². The van der Waals surface area contributed by atoms with Crippen molar-refractivity contribution in [3.05, 3.63) is 29.3 Å². The van der Waals surface area contributed by atoms with Crippen molar-refractivity contribution in [3.63, 3.8) is 0 Å². The van der Waals surface area contributed by atoms with Gasteiger partial charge >= 0.3 is 0 Å². The largest absolute Gasteiger partial charge is 0.215 e. The lowest BCUT2D eigenvalue weighted by atomic mass is 10.0. The van der Waals surface area contributed by atoms with Gasteiger partial charge in [-0.15, -0.1) is 11.8 Å². The minimum atomic E-state index is -3.07. The molecule has 0 atom stereocenters. The Morgan fingerprint density at radius 2 is 2.21 bits per heavy atom. The maximum atomic E-state index is 11.5. The molecule has 1 N–H and O–H groups in total. The smallest absolute Gasteiger partial charge is 0.211 e. The van der Waals surface area contributed by atoms with E-state index in [0.29, 0.717) is 13.0 Å². The normalized spacial score (nSPS) is 15.2. The summed E-state index contributed by atoms with van der Waals surface area (Å²) in [5, 5.41) is 0. The van der Waals surface area contributed by atoms with Gasteiger partial charge in [-0.05, 0) is 48.6 Å². The first kappa shape index (κ1) is 14.9. The highest BCUT2D eigenvalue weighted by Crippen LogP contribution is 2.30. The Hall–Kier alpha value is -0.520.